The zero-order valence-electron chi connectivity index (χ0n) is 8.33. The molecule has 0 amide bonds. The van der Waals surface area contributed by atoms with Crippen LogP contribution >= 0.6 is 15.9 Å². The minimum atomic E-state index is 0.0419. The molecule has 0 aliphatic rings. The summed E-state index contributed by atoms with van der Waals surface area (Å²) in [5.41, 5.74) is 0.937. The molecule has 0 radical (unpaired) electrons. The fourth-order valence-corrected chi connectivity index (χ4v) is 2.55. The predicted molar refractivity (Wildman–Crippen MR) is 69.8 cm³/mol. The third-order valence-corrected chi connectivity index (χ3v) is 3.38. The number of hydrogen-bond acceptors (Lipinski definition) is 1. The number of hydrogen-bond donors (Lipinski definition) is 1. The lowest BCUT2D eigenvalue weighted by molar-refractivity contribution is 1.40. The fraction of sp³-hybridized carbons (Fsp3) is 0. The van der Waals surface area contributed by atoms with Gasteiger partial charge in [0.25, 0.3) is 0 Å². The maximum Gasteiger partial charge on any atom is 0.189 e. The van der Waals surface area contributed by atoms with Crippen molar-refractivity contribution in [3.8, 4) is 0 Å². The smallest absolute Gasteiger partial charge is 0.189 e. The number of fused-ring (bicyclic) bond motifs is 3. The van der Waals surface area contributed by atoms with E-state index >= 15 is 0 Å². The minimum absolute atomic E-state index is 0.0419. The first kappa shape index (κ1) is 9.60. The normalized spacial score (nSPS) is 11.1. The van der Waals surface area contributed by atoms with Crippen LogP contribution < -0.4 is 5.43 Å². The minimum Gasteiger partial charge on any atom is -0.360 e. The molecule has 1 aromatic heterocycles. The average molecular weight is 274 g/mol. The van der Waals surface area contributed by atoms with Crippen molar-refractivity contribution in [2.45, 2.75) is 0 Å². The van der Waals surface area contributed by atoms with Crippen LogP contribution in [0.4, 0.5) is 0 Å². The molecule has 1 heterocycles. The average Bonchev–Trinajstić information content (AvgIpc) is 2.31. The van der Waals surface area contributed by atoms with E-state index in [1.54, 1.807) is 12.3 Å². The zero-order chi connectivity index (χ0) is 11.1. The largest absolute Gasteiger partial charge is 0.360 e. The van der Waals surface area contributed by atoms with Crippen LogP contribution in [0.2, 0.25) is 0 Å². The summed E-state index contributed by atoms with van der Waals surface area (Å²) in [7, 11) is 0. The first-order valence-electron chi connectivity index (χ1n) is 4.96. The summed E-state index contributed by atoms with van der Waals surface area (Å²) in [5, 5.41) is 2.88. The zero-order valence-corrected chi connectivity index (χ0v) is 9.91. The third kappa shape index (κ3) is 1.28. The number of benzene rings is 2. The lowest BCUT2D eigenvalue weighted by atomic mass is 10.1. The summed E-state index contributed by atoms with van der Waals surface area (Å²) < 4.78 is 0.951. The molecule has 0 aliphatic carbocycles. The van der Waals surface area contributed by atoms with Crippen molar-refractivity contribution in [1.82, 2.24) is 4.98 Å². The van der Waals surface area contributed by atoms with Crippen molar-refractivity contribution in [1.29, 1.82) is 0 Å². The molecule has 0 spiro atoms. The first-order chi connectivity index (χ1) is 7.77. The van der Waals surface area contributed by atoms with Gasteiger partial charge in [-0.2, -0.15) is 0 Å². The van der Waals surface area contributed by atoms with Gasteiger partial charge in [0.1, 0.15) is 0 Å². The molecule has 16 heavy (non-hydrogen) atoms. The molecule has 3 rings (SSSR count). The molecule has 0 unspecified atom stereocenters. The standard InChI is InChI=1S/C13H8BrNO/c14-11-7-10-12(16)5-6-15-13(10)9-4-2-1-3-8(9)11/h1-7H,(H,15,16). The van der Waals surface area contributed by atoms with Gasteiger partial charge in [-0.1, -0.05) is 40.2 Å². The van der Waals surface area contributed by atoms with Crippen LogP contribution in [-0.2, 0) is 0 Å². The lowest BCUT2D eigenvalue weighted by Crippen LogP contribution is -2.00. The van der Waals surface area contributed by atoms with Gasteiger partial charge < -0.3 is 4.98 Å². The monoisotopic (exact) mass is 273 g/mol. The van der Waals surface area contributed by atoms with Gasteiger partial charge in [0.15, 0.2) is 5.43 Å². The molecule has 0 fully saturated rings. The van der Waals surface area contributed by atoms with Gasteiger partial charge in [0.2, 0.25) is 0 Å². The number of H-pyrrole nitrogens is 1. The highest BCUT2D eigenvalue weighted by atomic mass is 79.9. The van der Waals surface area contributed by atoms with E-state index in [0.29, 0.717) is 5.39 Å². The predicted octanol–water partition coefficient (Wildman–Crippen LogP) is 3.44. The molecule has 3 aromatic rings. The van der Waals surface area contributed by atoms with E-state index in [0.717, 1.165) is 20.8 Å². The highest BCUT2D eigenvalue weighted by Crippen LogP contribution is 2.28. The van der Waals surface area contributed by atoms with Crippen LogP contribution in [0.25, 0.3) is 21.7 Å². The molecule has 1 N–H and O–H groups in total. The number of rotatable bonds is 0. The summed E-state index contributed by atoms with van der Waals surface area (Å²) in [6, 6.07) is 11.4. The van der Waals surface area contributed by atoms with Gasteiger partial charge in [-0.05, 0) is 11.5 Å². The first-order valence-corrected chi connectivity index (χ1v) is 5.75. The molecule has 0 aliphatic heterocycles. The Bertz CT molecular complexity index is 746. The SMILES string of the molecule is O=c1cc[nH]c2c1cc(Br)c1ccccc12. The Morgan fingerprint density at radius 2 is 1.75 bits per heavy atom. The number of halogens is 1. The molecule has 2 aromatic carbocycles. The Morgan fingerprint density at radius 1 is 1.00 bits per heavy atom. The fourth-order valence-electron chi connectivity index (χ4n) is 1.97. The number of aromatic nitrogens is 1. The summed E-state index contributed by atoms with van der Waals surface area (Å²) in [6.45, 7) is 0. The van der Waals surface area contributed by atoms with E-state index in [-0.39, 0.29) is 5.43 Å². The summed E-state index contributed by atoms with van der Waals surface area (Å²) in [6.07, 6.45) is 1.69. The van der Waals surface area contributed by atoms with E-state index in [4.69, 9.17) is 0 Å². The van der Waals surface area contributed by atoms with Crippen LogP contribution in [0.3, 0.4) is 0 Å². The van der Waals surface area contributed by atoms with Gasteiger partial charge in [-0.25, -0.2) is 0 Å². The van der Waals surface area contributed by atoms with E-state index in [1.807, 2.05) is 30.3 Å². The van der Waals surface area contributed by atoms with Crippen molar-refractivity contribution in [3.63, 3.8) is 0 Å². The molecular formula is C13H8BrNO. The van der Waals surface area contributed by atoms with Gasteiger partial charge >= 0.3 is 0 Å². The second-order valence-corrected chi connectivity index (χ2v) is 4.52. The topological polar surface area (TPSA) is 32.9 Å². The maximum atomic E-state index is 11.7. The molecule has 0 saturated carbocycles. The molecule has 2 nitrogen and oxygen atoms in total. The molecule has 0 saturated heterocycles. The molecule has 0 atom stereocenters. The summed E-state index contributed by atoms with van der Waals surface area (Å²) in [4.78, 5) is 14.9. The highest BCUT2D eigenvalue weighted by molar-refractivity contribution is 9.10. The van der Waals surface area contributed by atoms with E-state index < -0.39 is 0 Å². The molecular weight excluding hydrogens is 266 g/mol. The lowest BCUT2D eigenvalue weighted by Gasteiger charge is -2.05. The maximum absolute atomic E-state index is 11.7. The second-order valence-electron chi connectivity index (χ2n) is 3.67. The van der Waals surface area contributed by atoms with Crippen molar-refractivity contribution in [2.24, 2.45) is 0 Å². The summed E-state index contributed by atoms with van der Waals surface area (Å²) in [5.74, 6) is 0. The van der Waals surface area contributed by atoms with Gasteiger partial charge in [-0.15, -0.1) is 0 Å². The van der Waals surface area contributed by atoms with Crippen LogP contribution in [-0.4, -0.2) is 4.98 Å². The Kier molecular flexibility index (Phi) is 2.07. The Labute approximate surface area is 100 Å². The Morgan fingerprint density at radius 3 is 2.56 bits per heavy atom. The van der Waals surface area contributed by atoms with Crippen molar-refractivity contribution >= 4 is 37.6 Å². The number of aromatic amines is 1. The Balaban J connectivity index is 2.70. The summed E-state index contributed by atoms with van der Waals surface area (Å²) >= 11 is 3.50. The van der Waals surface area contributed by atoms with Crippen molar-refractivity contribution < 1.29 is 0 Å². The van der Waals surface area contributed by atoms with Gasteiger partial charge in [0, 0.05) is 27.5 Å². The van der Waals surface area contributed by atoms with E-state index in [1.165, 1.54) is 0 Å². The second kappa shape index (κ2) is 3.46. The molecule has 3 heteroatoms. The van der Waals surface area contributed by atoms with Crippen molar-refractivity contribution in [3.05, 3.63) is 57.3 Å². The third-order valence-electron chi connectivity index (χ3n) is 2.72. The van der Waals surface area contributed by atoms with Gasteiger partial charge in [-0.3, -0.25) is 4.79 Å². The van der Waals surface area contributed by atoms with Crippen LogP contribution in [0.1, 0.15) is 0 Å². The van der Waals surface area contributed by atoms with Crippen LogP contribution in [0.5, 0.6) is 0 Å². The van der Waals surface area contributed by atoms with E-state index in [2.05, 4.69) is 20.9 Å². The van der Waals surface area contributed by atoms with Crippen LogP contribution in [0, 0.1) is 0 Å². The number of pyridine rings is 1. The van der Waals surface area contributed by atoms with Gasteiger partial charge in [0.05, 0.1) is 5.52 Å². The molecule has 0 bridgehead atoms. The van der Waals surface area contributed by atoms with Crippen LogP contribution in [0.15, 0.2) is 51.9 Å². The molecule has 78 valence electrons. The highest BCUT2D eigenvalue weighted by Gasteiger charge is 2.06. The Hall–Kier alpha value is -1.61. The quantitative estimate of drug-likeness (QED) is 0.626. The number of nitrogens with one attached hydrogen (secondary N) is 1. The van der Waals surface area contributed by atoms with Crippen molar-refractivity contribution in [2.75, 3.05) is 0 Å². The van der Waals surface area contributed by atoms with E-state index in [9.17, 15) is 4.79 Å².